The molecule has 3 heterocycles. The first-order chi connectivity index (χ1) is 14.6. The maximum Gasteiger partial charge on any atom is 0.282 e. The van der Waals surface area contributed by atoms with Crippen molar-refractivity contribution in [2.45, 2.75) is 0 Å². The van der Waals surface area contributed by atoms with Crippen LogP contribution in [0.5, 0.6) is 11.5 Å². The van der Waals surface area contributed by atoms with Gasteiger partial charge >= 0.3 is 0 Å². The molecule has 0 unspecified atom stereocenters. The molecule has 0 bridgehead atoms. The second-order valence-electron chi connectivity index (χ2n) is 6.61. The SMILES string of the molecule is O=C1C(Nc2ccc3c(c2)OCCO3)=C(c2cccs2)C(=O)N1c1ccccc1F. The van der Waals surface area contributed by atoms with Gasteiger partial charge in [-0.15, -0.1) is 11.3 Å². The highest BCUT2D eigenvalue weighted by atomic mass is 32.1. The fourth-order valence-corrected chi connectivity index (χ4v) is 4.18. The molecular weight excluding hydrogens is 407 g/mol. The van der Waals surface area contributed by atoms with E-state index >= 15 is 0 Å². The van der Waals surface area contributed by atoms with E-state index in [0.717, 1.165) is 4.90 Å². The van der Waals surface area contributed by atoms with Crippen LogP contribution in [-0.4, -0.2) is 25.0 Å². The number of carbonyl (C=O) groups excluding carboxylic acids is 2. The van der Waals surface area contributed by atoms with Gasteiger partial charge in [0.2, 0.25) is 0 Å². The first-order valence-electron chi connectivity index (χ1n) is 9.21. The summed E-state index contributed by atoms with van der Waals surface area (Å²) in [5, 5.41) is 4.86. The van der Waals surface area contributed by atoms with Gasteiger partial charge in [0.25, 0.3) is 11.8 Å². The molecule has 150 valence electrons. The van der Waals surface area contributed by atoms with Crippen LogP contribution in [0.15, 0.2) is 65.7 Å². The molecule has 5 rings (SSSR count). The molecule has 1 aromatic heterocycles. The Kier molecular flexibility index (Phi) is 4.48. The summed E-state index contributed by atoms with van der Waals surface area (Å²) < 4.78 is 25.5. The predicted molar refractivity (Wildman–Crippen MR) is 111 cm³/mol. The quantitative estimate of drug-likeness (QED) is 0.643. The Morgan fingerprint density at radius 1 is 0.933 bits per heavy atom. The van der Waals surface area contributed by atoms with E-state index in [4.69, 9.17) is 9.47 Å². The van der Waals surface area contributed by atoms with Crippen molar-refractivity contribution in [3.8, 4) is 11.5 Å². The zero-order valence-corrected chi connectivity index (χ0v) is 16.4. The number of fused-ring (bicyclic) bond motifs is 1. The van der Waals surface area contributed by atoms with Gasteiger partial charge in [0.1, 0.15) is 24.7 Å². The number of anilines is 2. The van der Waals surface area contributed by atoms with Crippen LogP contribution >= 0.6 is 11.3 Å². The highest BCUT2D eigenvalue weighted by Crippen LogP contribution is 2.38. The predicted octanol–water partition coefficient (Wildman–Crippen LogP) is 4.06. The molecule has 0 fully saturated rings. The summed E-state index contributed by atoms with van der Waals surface area (Å²) in [4.78, 5) is 27.9. The van der Waals surface area contributed by atoms with Gasteiger partial charge in [-0.3, -0.25) is 9.59 Å². The number of amides is 2. The van der Waals surface area contributed by atoms with Gasteiger partial charge in [0, 0.05) is 16.6 Å². The molecule has 0 spiro atoms. The van der Waals surface area contributed by atoms with Crippen LogP contribution in [0, 0.1) is 5.82 Å². The van der Waals surface area contributed by atoms with E-state index in [9.17, 15) is 14.0 Å². The van der Waals surface area contributed by atoms with Gasteiger partial charge in [-0.1, -0.05) is 18.2 Å². The number of benzene rings is 2. The largest absolute Gasteiger partial charge is 0.486 e. The molecule has 0 saturated heterocycles. The highest BCUT2D eigenvalue weighted by Gasteiger charge is 2.41. The van der Waals surface area contributed by atoms with Crippen LogP contribution in [0.2, 0.25) is 0 Å². The van der Waals surface area contributed by atoms with Gasteiger partial charge < -0.3 is 14.8 Å². The molecule has 0 radical (unpaired) electrons. The lowest BCUT2D eigenvalue weighted by Crippen LogP contribution is -2.33. The number of para-hydroxylation sites is 1. The Morgan fingerprint density at radius 2 is 1.73 bits per heavy atom. The molecule has 1 N–H and O–H groups in total. The van der Waals surface area contributed by atoms with Gasteiger partial charge in [-0.25, -0.2) is 9.29 Å². The third-order valence-corrected chi connectivity index (χ3v) is 5.64. The van der Waals surface area contributed by atoms with Crippen molar-refractivity contribution >= 4 is 40.1 Å². The van der Waals surface area contributed by atoms with E-state index in [1.807, 2.05) is 5.38 Å². The van der Waals surface area contributed by atoms with E-state index in [0.29, 0.717) is 35.3 Å². The molecule has 2 aromatic carbocycles. The molecule has 6 nitrogen and oxygen atoms in total. The van der Waals surface area contributed by atoms with Crippen molar-refractivity contribution < 1.29 is 23.5 Å². The molecule has 0 saturated carbocycles. The molecule has 0 atom stereocenters. The molecule has 30 heavy (non-hydrogen) atoms. The number of rotatable bonds is 4. The number of ether oxygens (including phenoxy) is 2. The lowest BCUT2D eigenvalue weighted by atomic mass is 10.1. The standard InChI is InChI=1S/C22H15FN2O4S/c23-14-4-1-2-5-15(14)25-21(26)19(18-6-3-11-30-18)20(22(25)27)24-13-7-8-16-17(12-13)29-10-9-28-16/h1-8,11-12,24H,9-10H2. The minimum atomic E-state index is -0.648. The molecule has 2 aliphatic rings. The maximum absolute atomic E-state index is 14.4. The number of nitrogens with zero attached hydrogens (tertiary/aromatic N) is 1. The number of hydrogen-bond acceptors (Lipinski definition) is 6. The van der Waals surface area contributed by atoms with Crippen molar-refractivity contribution in [2.75, 3.05) is 23.4 Å². The average molecular weight is 422 g/mol. The van der Waals surface area contributed by atoms with Gasteiger partial charge in [0.05, 0.1) is 11.3 Å². The monoisotopic (exact) mass is 422 g/mol. The van der Waals surface area contributed by atoms with Crippen molar-refractivity contribution in [2.24, 2.45) is 0 Å². The van der Waals surface area contributed by atoms with Crippen LogP contribution in [0.3, 0.4) is 0 Å². The van der Waals surface area contributed by atoms with E-state index in [2.05, 4.69) is 5.32 Å². The Balaban J connectivity index is 1.57. The number of imide groups is 1. The smallest absolute Gasteiger partial charge is 0.282 e. The number of nitrogens with one attached hydrogen (secondary N) is 1. The van der Waals surface area contributed by atoms with Gasteiger partial charge in [-0.05, 0) is 35.7 Å². The van der Waals surface area contributed by atoms with Crippen molar-refractivity contribution in [3.63, 3.8) is 0 Å². The van der Waals surface area contributed by atoms with E-state index in [1.165, 1.54) is 29.5 Å². The third kappa shape index (κ3) is 3.02. The summed E-state index contributed by atoms with van der Waals surface area (Å²) in [5.74, 6) is -0.686. The second kappa shape index (κ2) is 7.31. The summed E-state index contributed by atoms with van der Waals surface area (Å²) in [6.07, 6.45) is 0. The lowest BCUT2D eigenvalue weighted by molar-refractivity contribution is -0.120. The summed E-state index contributed by atoms with van der Waals surface area (Å²) in [6, 6.07) is 14.4. The van der Waals surface area contributed by atoms with Gasteiger partial charge in [0.15, 0.2) is 11.5 Å². The Bertz CT molecular complexity index is 1190. The van der Waals surface area contributed by atoms with Crippen molar-refractivity contribution in [1.82, 2.24) is 0 Å². The van der Waals surface area contributed by atoms with E-state index in [-0.39, 0.29) is 17.0 Å². The summed E-state index contributed by atoms with van der Waals surface area (Å²) in [6.45, 7) is 0.899. The van der Waals surface area contributed by atoms with Crippen molar-refractivity contribution in [1.29, 1.82) is 0 Å². The highest BCUT2D eigenvalue weighted by molar-refractivity contribution is 7.11. The first kappa shape index (κ1) is 18.4. The minimum absolute atomic E-state index is 0.0828. The van der Waals surface area contributed by atoms with E-state index < -0.39 is 17.6 Å². The fourth-order valence-electron chi connectivity index (χ4n) is 3.41. The van der Waals surface area contributed by atoms with Crippen LogP contribution < -0.4 is 19.7 Å². The van der Waals surface area contributed by atoms with Crippen LogP contribution in [-0.2, 0) is 9.59 Å². The number of carbonyl (C=O) groups is 2. The molecule has 8 heteroatoms. The normalized spacial score (nSPS) is 15.7. The van der Waals surface area contributed by atoms with Crippen molar-refractivity contribution in [3.05, 3.63) is 76.4 Å². The minimum Gasteiger partial charge on any atom is -0.486 e. The molecule has 0 aliphatic carbocycles. The van der Waals surface area contributed by atoms with Crippen LogP contribution in [0.25, 0.3) is 5.57 Å². The van der Waals surface area contributed by atoms with Gasteiger partial charge in [-0.2, -0.15) is 0 Å². The lowest BCUT2D eigenvalue weighted by Gasteiger charge is -2.19. The zero-order chi connectivity index (χ0) is 20.7. The van der Waals surface area contributed by atoms with Crippen LogP contribution in [0.1, 0.15) is 4.88 Å². The average Bonchev–Trinajstić information content (AvgIpc) is 3.36. The second-order valence-corrected chi connectivity index (χ2v) is 7.56. The summed E-state index contributed by atoms with van der Waals surface area (Å²) in [5.41, 5.74) is 0.760. The third-order valence-electron chi connectivity index (χ3n) is 4.76. The number of thiophene rings is 1. The molecule has 3 aromatic rings. The topological polar surface area (TPSA) is 67.9 Å². The number of halogens is 1. The van der Waals surface area contributed by atoms with Crippen LogP contribution in [0.4, 0.5) is 15.8 Å². The number of hydrogen-bond donors (Lipinski definition) is 1. The Hall–Kier alpha value is -3.65. The Morgan fingerprint density at radius 3 is 2.50 bits per heavy atom. The molecule has 2 amide bonds. The first-order valence-corrected chi connectivity index (χ1v) is 10.1. The Labute approximate surface area is 175 Å². The summed E-state index contributed by atoms with van der Waals surface area (Å²) in [7, 11) is 0. The summed E-state index contributed by atoms with van der Waals surface area (Å²) >= 11 is 1.33. The molecule has 2 aliphatic heterocycles. The molecular formula is C22H15FN2O4S. The zero-order valence-electron chi connectivity index (χ0n) is 15.6. The fraction of sp³-hybridized carbons (Fsp3) is 0.0909. The maximum atomic E-state index is 14.4. The van der Waals surface area contributed by atoms with E-state index in [1.54, 1.807) is 36.4 Å².